The number of pyridine rings is 1. The minimum absolute atomic E-state index is 0.0129. The van der Waals surface area contributed by atoms with Gasteiger partial charge in [-0.15, -0.1) is 0 Å². The number of aromatic nitrogens is 3. The van der Waals surface area contributed by atoms with Gasteiger partial charge < -0.3 is 16.4 Å². The largest absolute Gasteiger partial charge is 0.383 e. The number of fused-ring (bicyclic) bond motifs is 2. The minimum Gasteiger partial charge on any atom is -0.383 e. The lowest BCUT2D eigenvalue weighted by Gasteiger charge is -2.16. The molecule has 35 heavy (non-hydrogen) atoms. The fraction of sp³-hybridized carbons (Fsp3) is 0.0400. The van der Waals surface area contributed by atoms with Crippen LogP contribution in [0.4, 0.5) is 31.8 Å². The number of hydrogen-bond donors (Lipinski definition) is 3. The first-order valence-corrected chi connectivity index (χ1v) is 10.8. The monoisotopic (exact) mass is 490 g/mol. The second-order valence-electron chi connectivity index (χ2n) is 7.80. The molecule has 0 fully saturated rings. The van der Waals surface area contributed by atoms with Crippen molar-refractivity contribution < 1.29 is 13.6 Å². The van der Waals surface area contributed by atoms with Crippen LogP contribution in [0.5, 0.6) is 0 Å². The highest BCUT2D eigenvalue weighted by Gasteiger charge is 2.18. The summed E-state index contributed by atoms with van der Waals surface area (Å²) in [5.74, 6) is -1.38. The lowest BCUT2D eigenvalue weighted by molar-refractivity contribution is 0.102. The molecule has 3 aromatic carbocycles. The molecule has 0 aliphatic heterocycles. The zero-order valence-electron chi connectivity index (χ0n) is 18.2. The summed E-state index contributed by atoms with van der Waals surface area (Å²) in [6.45, 7) is 1.82. The minimum atomic E-state index is -0.641. The molecule has 0 unspecified atom stereocenters. The third-order valence-corrected chi connectivity index (χ3v) is 5.87. The Kier molecular flexibility index (Phi) is 5.62. The molecule has 0 aliphatic carbocycles. The van der Waals surface area contributed by atoms with Crippen molar-refractivity contribution in [3.63, 3.8) is 0 Å². The van der Waals surface area contributed by atoms with Crippen LogP contribution in [0, 0.1) is 18.6 Å². The summed E-state index contributed by atoms with van der Waals surface area (Å²) in [6.07, 6.45) is 2.75. The van der Waals surface area contributed by atoms with Crippen molar-refractivity contribution in [3.05, 3.63) is 88.8 Å². The molecule has 0 saturated heterocycles. The van der Waals surface area contributed by atoms with Gasteiger partial charge in [-0.3, -0.25) is 4.79 Å². The first kappa shape index (κ1) is 22.4. The average molecular weight is 491 g/mol. The number of nitrogens with one attached hydrogen (secondary N) is 2. The summed E-state index contributed by atoms with van der Waals surface area (Å²) in [6, 6.07) is 12.2. The Hall–Kier alpha value is -4.37. The molecule has 4 N–H and O–H groups in total. The van der Waals surface area contributed by atoms with E-state index in [0.29, 0.717) is 22.3 Å². The molecule has 0 saturated carbocycles. The van der Waals surface area contributed by atoms with Gasteiger partial charge in [0.05, 0.1) is 27.5 Å². The van der Waals surface area contributed by atoms with E-state index in [1.165, 1.54) is 24.7 Å². The van der Waals surface area contributed by atoms with Crippen LogP contribution in [-0.4, -0.2) is 20.9 Å². The van der Waals surface area contributed by atoms with Crippen LogP contribution in [0.25, 0.3) is 21.7 Å². The number of amides is 1. The zero-order chi connectivity index (χ0) is 24.7. The number of rotatable bonds is 4. The standard InChI is InChI=1S/C25H17ClF2N6O/c1-12-5-6-15-14(7-8-30-24(15)33-19-4-2-3-18(26)20(19)28)21(12)34-25(35)17-10-13(27)9-16-22(17)31-11-32-23(16)29/h2-11H,1H3,(H,30,33)(H,34,35)(H2,29,31,32). The summed E-state index contributed by atoms with van der Waals surface area (Å²) in [5.41, 5.74) is 7.50. The number of hydrogen-bond acceptors (Lipinski definition) is 6. The molecular weight excluding hydrogens is 474 g/mol. The van der Waals surface area contributed by atoms with Gasteiger partial charge in [-0.2, -0.15) is 0 Å². The van der Waals surface area contributed by atoms with Crippen LogP contribution < -0.4 is 16.4 Å². The molecule has 0 bridgehead atoms. The van der Waals surface area contributed by atoms with Gasteiger partial charge in [-0.25, -0.2) is 23.7 Å². The second kappa shape index (κ2) is 8.77. The number of carbonyl (C=O) groups excluding carboxylic acids is 1. The molecule has 0 radical (unpaired) electrons. The highest BCUT2D eigenvalue weighted by Crippen LogP contribution is 2.34. The quantitative estimate of drug-likeness (QED) is 0.285. The predicted octanol–water partition coefficient (Wildman–Crippen LogP) is 6.00. The molecule has 0 spiro atoms. The first-order chi connectivity index (χ1) is 16.8. The van der Waals surface area contributed by atoms with Crippen LogP contribution >= 0.6 is 11.6 Å². The fourth-order valence-electron chi connectivity index (χ4n) is 3.86. The maximum atomic E-state index is 14.5. The van der Waals surface area contributed by atoms with Gasteiger partial charge in [0, 0.05) is 22.4 Å². The van der Waals surface area contributed by atoms with Crippen LogP contribution in [0.3, 0.4) is 0 Å². The maximum Gasteiger partial charge on any atom is 0.258 e. The van der Waals surface area contributed by atoms with E-state index in [9.17, 15) is 13.6 Å². The molecule has 7 nitrogen and oxygen atoms in total. The number of halogens is 3. The third kappa shape index (κ3) is 4.06. The van der Waals surface area contributed by atoms with E-state index in [-0.39, 0.29) is 33.0 Å². The fourth-order valence-corrected chi connectivity index (χ4v) is 4.04. The SMILES string of the molecule is Cc1ccc2c(Nc3cccc(Cl)c3F)nccc2c1NC(=O)c1cc(F)cc2c(N)ncnc12. The zero-order valence-corrected chi connectivity index (χ0v) is 19.0. The Morgan fingerprint density at radius 3 is 2.66 bits per heavy atom. The van der Waals surface area contributed by atoms with Crippen molar-refractivity contribution in [1.29, 1.82) is 0 Å². The lowest BCUT2D eigenvalue weighted by atomic mass is 10.0. The van der Waals surface area contributed by atoms with Crippen molar-refractivity contribution in [2.45, 2.75) is 6.92 Å². The van der Waals surface area contributed by atoms with Gasteiger partial charge in [0.15, 0.2) is 5.82 Å². The number of benzene rings is 3. The summed E-state index contributed by atoms with van der Waals surface area (Å²) in [7, 11) is 0. The van der Waals surface area contributed by atoms with Crippen molar-refractivity contribution in [1.82, 2.24) is 15.0 Å². The number of nitrogens with two attached hydrogens (primary N) is 1. The molecule has 10 heteroatoms. The van der Waals surface area contributed by atoms with E-state index in [0.717, 1.165) is 11.6 Å². The van der Waals surface area contributed by atoms with Gasteiger partial charge in [0.25, 0.3) is 5.91 Å². The topological polar surface area (TPSA) is 106 Å². The van der Waals surface area contributed by atoms with Crippen LogP contribution in [0.15, 0.2) is 61.1 Å². The van der Waals surface area contributed by atoms with Gasteiger partial charge in [0.2, 0.25) is 0 Å². The van der Waals surface area contributed by atoms with E-state index in [2.05, 4.69) is 25.6 Å². The van der Waals surface area contributed by atoms with E-state index < -0.39 is 17.5 Å². The Labute approximate surface area is 203 Å². The van der Waals surface area contributed by atoms with Crippen molar-refractivity contribution in [2.75, 3.05) is 16.4 Å². The summed E-state index contributed by atoms with van der Waals surface area (Å²) < 4.78 is 28.7. The number of nitrogens with zero attached hydrogens (tertiary/aromatic N) is 3. The van der Waals surface area contributed by atoms with E-state index in [4.69, 9.17) is 17.3 Å². The number of aryl methyl sites for hydroxylation is 1. The van der Waals surface area contributed by atoms with Gasteiger partial charge in [0.1, 0.15) is 23.8 Å². The molecule has 5 rings (SSSR count). The Morgan fingerprint density at radius 2 is 1.83 bits per heavy atom. The summed E-state index contributed by atoms with van der Waals surface area (Å²) in [5, 5.41) is 7.32. The Balaban J connectivity index is 1.58. The number of nitrogen functional groups attached to an aromatic ring is 1. The summed E-state index contributed by atoms with van der Waals surface area (Å²) >= 11 is 5.90. The highest BCUT2D eigenvalue weighted by molar-refractivity contribution is 6.31. The molecule has 0 aliphatic rings. The highest BCUT2D eigenvalue weighted by atomic mass is 35.5. The third-order valence-electron chi connectivity index (χ3n) is 5.58. The normalized spacial score (nSPS) is 11.1. The molecule has 1 amide bonds. The summed E-state index contributed by atoms with van der Waals surface area (Å²) in [4.78, 5) is 25.6. The molecule has 5 aromatic rings. The van der Waals surface area contributed by atoms with Gasteiger partial charge in [-0.05, 0) is 42.8 Å². The van der Waals surface area contributed by atoms with Crippen molar-refractivity contribution >= 4 is 62.2 Å². The van der Waals surface area contributed by atoms with E-state index >= 15 is 0 Å². The average Bonchev–Trinajstić information content (AvgIpc) is 2.84. The van der Waals surface area contributed by atoms with Crippen LogP contribution in [0.2, 0.25) is 5.02 Å². The molecular formula is C25H17ClF2N6O. The lowest BCUT2D eigenvalue weighted by Crippen LogP contribution is -2.15. The van der Waals surface area contributed by atoms with Crippen LogP contribution in [0.1, 0.15) is 15.9 Å². The van der Waals surface area contributed by atoms with Crippen molar-refractivity contribution in [2.24, 2.45) is 0 Å². The Morgan fingerprint density at radius 1 is 1.00 bits per heavy atom. The molecule has 2 aromatic heterocycles. The second-order valence-corrected chi connectivity index (χ2v) is 8.21. The molecule has 174 valence electrons. The Bertz CT molecular complexity index is 1640. The van der Waals surface area contributed by atoms with E-state index in [1.54, 1.807) is 24.3 Å². The molecule has 0 atom stereocenters. The first-order valence-electron chi connectivity index (χ1n) is 10.4. The molecule has 2 heterocycles. The van der Waals surface area contributed by atoms with Crippen LogP contribution in [-0.2, 0) is 0 Å². The van der Waals surface area contributed by atoms with Gasteiger partial charge >= 0.3 is 0 Å². The van der Waals surface area contributed by atoms with E-state index in [1.807, 2.05) is 13.0 Å². The van der Waals surface area contributed by atoms with Gasteiger partial charge in [-0.1, -0.05) is 29.8 Å². The number of anilines is 4. The maximum absolute atomic E-state index is 14.5. The smallest absolute Gasteiger partial charge is 0.258 e. The number of carbonyl (C=O) groups is 1. The predicted molar refractivity (Wildman–Crippen MR) is 133 cm³/mol. The van der Waals surface area contributed by atoms with Crippen molar-refractivity contribution in [3.8, 4) is 0 Å².